The van der Waals surface area contributed by atoms with Gasteiger partial charge < -0.3 is 9.15 Å². The van der Waals surface area contributed by atoms with Gasteiger partial charge in [-0.15, -0.1) is 0 Å². The van der Waals surface area contributed by atoms with E-state index in [1.807, 2.05) is 31.2 Å². The molecule has 4 nitrogen and oxygen atoms in total. The highest BCUT2D eigenvalue weighted by Gasteiger charge is 2.15. The van der Waals surface area contributed by atoms with E-state index in [4.69, 9.17) is 4.42 Å². The number of hydrogen-bond donors (Lipinski definition) is 0. The molecule has 0 saturated heterocycles. The van der Waals surface area contributed by atoms with Gasteiger partial charge in [0.25, 0.3) is 0 Å². The zero-order valence-corrected chi connectivity index (χ0v) is 10.7. The first kappa shape index (κ1) is 12.4. The number of methoxy groups -OCH3 is 1. The molecule has 0 fully saturated rings. The molecule has 0 aliphatic rings. The summed E-state index contributed by atoms with van der Waals surface area (Å²) in [6.45, 7) is 3.79. The molecular formula is C14H15NO3. The average molecular weight is 245 g/mol. The van der Waals surface area contributed by atoms with Crippen molar-refractivity contribution in [1.82, 2.24) is 4.98 Å². The van der Waals surface area contributed by atoms with Crippen LogP contribution in [0.1, 0.15) is 17.0 Å². The first-order valence-corrected chi connectivity index (χ1v) is 5.71. The maximum absolute atomic E-state index is 11.2. The number of esters is 1. The Morgan fingerprint density at radius 2 is 2.06 bits per heavy atom. The number of aromatic nitrogens is 1. The summed E-state index contributed by atoms with van der Waals surface area (Å²) in [5.74, 6) is 0.880. The van der Waals surface area contributed by atoms with Crippen molar-refractivity contribution in [2.75, 3.05) is 7.11 Å². The zero-order valence-electron chi connectivity index (χ0n) is 10.7. The van der Waals surface area contributed by atoms with Crippen molar-refractivity contribution in [3.8, 4) is 11.5 Å². The standard InChI is InChI=1S/C14H15NO3/c1-9-6-4-5-7-11(9)14-15-12(10(2)18-14)8-13(16)17-3/h4-7H,8H2,1-3H3. The van der Waals surface area contributed by atoms with E-state index in [0.717, 1.165) is 11.1 Å². The lowest BCUT2D eigenvalue weighted by Gasteiger charge is -1.99. The minimum Gasteiger partial charge on any atom is -0.469 e. The third-order valence-electron chi connectivity index (χ3n) is 2.81. The molecule has 1 aromatic heterocycles. The Morgan fingerprint density at radius 1 is 1.33 bits per heavy atom. The summed E-state index contributed by atoms with van der Waals surface area (Å²) >= 11 is 0. The van der Waals surface area contributed by atoms with Gasteiger partial charge in [-0.05, 0) is 25.5 Å². The van der Waals surface area contributed by atoms with Gasteiger partial charge in [-0.25, -0.2) is 4.98 Å². The molecule has 2 rings (SSSR count). The van der Waals surface area contributed by atoms with Gasteiger partial charge in [-0.1, -0.05) is 18.2 Å². The van der Waals surface area contributed by atoms with E-state index in [1.165, 1.54) is 7.11 Å². The Morgan fingerprint density at radius 3 is 2.72 bits per heavy atom. The molecule has 0 atom stereocenters. The van der Waals surface area contributed by atoms with Crippen LogP contribution in [0.3, 0.4) is 0 Å². The highest BCUT2D eigenvalue weighted by molar-refractivity contribution is 5.72. The summed E-state index contributed by atoms with van der Waals surface area (Å²) in [5, 5.41) is 0. The van der Waals surface area contributed by atoms with Crippen LogP contribution in [0.2, 0.25) is 0 Å². The van der Waals surface area contributed by atoms with Gasteiger partial charge in [0.1, 0.15) is 5.76 Å². The smallest absolute Gasteiger partial charge is 0.311 e. The predicted molar refractivity (Wildman–Crippen MR) is 67.1 cm³/mol. The second kappa shape index (κ2) is 5.04. The number of hydrogen-bond acceptors (Lipinski definition) is 4. The molecule has 0 radical (unpaired) electrons. The monoisotopic (exact) mass is 245 g/mol. The number of oxazole rings is 1. The van der Waals surface area contributed by atoms with E-state index in [9.17, 15) is 4.79 Å². The summed E-state index contributed by atoms with van der Waals surface area (Å²) in [6.07, 6.45) is 0.137. The molecule has 2 aromatic rings. The largest absolute Gasteiger partial charge is 0.469 e. The summed E-state index contributed by atoms with van der Waals surface area (Å²) in [5.41, 5.74) is 2.65. The number of carbonyl (C=O) groups excluding carboxylic acids is 1. The van der Waals surface area contributed by atoms with Crippen LogP contribution in [0.25, 0.3) is 11.5 Å². The van der Waals surface area contributed by atoms with E-state index < -0.39 is 0 Å². The van der Waals surface area contributed by atoms with E-state index in [0.29, 0.717) is 17.3 Å². The number of nitrogens with zero attached hydrogens (tertiary/aromatic N) is 1. The lowest BCUT2D eigenvalue weighted by atomic mass is 10.1. The van der Waals surface area contributed by atoms with Crippen LogP contribution in [0, 0.1) is 13.8 Å². The Labute approximate surface area is 106 Å². The molecule has 94 valence electrons. The van der Waals surface area contributed by atoms with Crippen molar-refractivity contribution in [1.29, 1.82) is 0 Å². The molecule has 0 bridgehead atoms. The molecule has 0 aliphatic heterocycles. The lowest BCUT2D eigenvalue weighted by Crippen LogP contribution is -2.05. The highest BCUT2D eigenvalue weighted by Crippen LogP contribution is 2.24. The highest BCUT2D eigenvalue weighted by atomic mass is 16.5. The first-order valence-electron chi connectivity index (χ1n) is 5.71. The summed E-state index contributed by atoms with van der Waals surface area (Å²) in [4.78, 5) is 15.6. The second-order valence-corrected chi connectivity index (χ2v) is 4.09. The van der Waals surface area contributed by atoms with Gasteiger partial charge in [-0.3, -0.25) is 4.79 Å². The van der Waals surface area contributed by atoms with Crippen molar-refractivity contribution >= 4 is 5.97 Å². The minimum absolute atomic E-state index is 0.137. The van der Waals surface area contributed by atoms with Crippen LogP contribution in [-0.2, 0) is 16.0 Å². The Kier molecular flexibility index (Phi) is 3.46. The van der Waals surface area contributed by atoms with Gasteiger partial charge >= 0.3 is 5.97 Å². The predicted octanol–water partition coefficient (Wildman–Crippen LogP) is 2.67. The lowest BCUT2D eigenvalue weighted by molar-refractivity contribution is -0.139. The fourth-order valence-electron chi connectivity index (χ4n) is 1.73. The van der Waals surface area contributed by atoms with Gasteiger partial charge in [0.2, 0.25) is 5.89 Å². The number of aryl methyl sites for hydroxylation is 2. The van der Waals surface area contributed by atoms with Crippen molar-refractivity contribution in [3.63, 3.8) is 0 Å². The molecule has 0 N–H and O–H groups in total. The van der Waals surface area contributed by atoms with E-state index in [1.54, 1.807) is 6.92 Å². The molecule has 0 amide bonds. The number of ether oxygens (including phenoxy) is 1. The topological polar surface area (TPSA) is 52.3 Å². The Balaban J connectivity index is 2.34. The zero-order chi connectivity index (χ0) is 13.1. The van der Waals surface area contributed by atoms with Crippen LogP contribution in [0.4, 0.5) is 0 Å². The maximum atomic E-state index is 11.2. The summed E-state index contributed by atoms with van der Waals surface area (Å²) in [7, 11) is 1.36. The van der Waals surface area contributed by atoms with Gasteiger partial charge in [-0.2, -0.15) is 0 Å². The fraction of sp³-hybridized carbons (Fsp3) is 0.286. The van der Waals surface area contributed by atoms with Gasteiger partial charge in [0.05, 0.1) is 19.2 Å². The van der Waals surface area contributed by atoms with Crippen molar-refractivity contribution in [2.45, 2.75) is 20.3 Å². The fourth-order valence-corrected chi connectivity index (χ4v) is 1.73. The molecule has 1 aromatic carbocycles. The normalized spacial score (nSPS) is 10.4. The number of benzene rings is 1. The van der Waals surface area contributed by atoms with Crippen molar-refractivity contribution in [2.24, 2.45) is 0 Å². The van der Waals surface area contributed by atoms with E-state index >= 15 is 0 Å². The molecule has 0 aliphatic carbocycles. The van der Waals surface area contributed by atoms with Gasteiger partial charge in [0, 0.05) is 5.56 Å². The molecule has 0 unspecified atom stereocenters. The van der Waals surface area contributed by atoms with E-state index in [2.05, 4.69) is 9.72 Å². The van der Waals surface area contributed by atoms with Crippen LogP contribution in [0.5, 0.6) is 0 Å². The molecule has 0 saturated carbocycles. The summed E-state index contributed by atoms with van der Waals surface area (Å²) < 4.78 is 10.2. The quantitative estimate of drug-likeness (QED) is 0.780. The maximum Gasteiger partial charge on any atom is 0.311 e. The number of carbonyl (C=O) groups is 1. The third kappa shape index (κ3) is 2.42. The van der Waals surface area contributed by atoms with Gasteiger partial charge in [0.15, 0.2) is 0 Å². The molecule has 0 spiro atoms. The summed E-state index contributed by atoms with van der Waals surface area (Å²) in [6, 6.07) is 7.84. The molecule has 1 heterocycles. The van der Waals surface area contributed by atoms with Crippen molar-refractivity contribution < 1.29 is 13.9 Å². The van der Waals surface area contributed by atoms with Crippen LogP contribution >= 0.6 is 0 Å². The molecule has 18 heavy (non-hydrogen) atoms. The number of rotatable bonds is 3. The molecule has 4 heteroatoms. The SMILES string of the molecule is COC(=O)Cc1nc(-c2ccccc2C)oc1C. The second-order valence-electron chi connectivity index (χ2n) is 4.09. The van der Waals surface area contributed by atoms with Crippen LogP contribution < -0.4 is 0 Å². The average Bonchev–Trinajstić information content (AvgIpc) is 2.71. The Bertz CT molecular complexity index is 572. The third-order valence-corrected chi connectivity index (χ3v) is 2.81. The molecular weight excluding hydrogens is 230 g/mol. The first-order chi connectivity index (χ1) is 8.61. The van der Waals surface area contributed by atoms with Crippen molar-refractivity contribution in [3.05, 3.63) is 41.3 Å². The van der Waals surface area contributed by atoms with Crippen LogP contribution in [0.15, 0.2) is 28.7 Å². The van der Waals surface area contributed by atoms with E-state index in [-0.39, 0.29) is 12.4 Å². The minimum atomic E-state index is -0.317. The van der Waals surface area contributed by atoms with Crippen LogP contribution in [-0.4, -0.2) is 18.1 Å². The Hall–Kier alpha value is -2.10.